The van der Waals surface area contributed by atoms with E-state index >= 15 is 0 Å². The maximum Gasteiger partial charge on any atom is 0.265 e. The van der Waals surface area contributed by atoms with Crippen molar-refractivity contribution in [1.29, 1.82) is 0 Å². The van der Waals surface area contributed by atoms with Gasteiger partial charge in [0.25, 0.3) is 5.91 Å². The second kappa shape index (κ2) is 6.98. The minimum atomic E-state index is -0.184. The highest BCUT2D eigenvalue weighted by Gasteiger charge is 2.23. The normalized spacial score (nSPS) is 12.8. The van der Waals surface area contributed by atoms with E-state index in [1.165, 1.54) is 11.3 Å². The fraction of sp³-hybridized carbons (Fsp3) is 0.222. The summed E-state index contributed by atoms with van der Waals surface area (Å²) in [6.07, 6.45) is 1.74. The highest BCUT2D eigenvalue weighted by atomic mass is 32.1. The first kappa shape index (κ1) is 15.7. The van der Waals surface area contributed by atoms with Gasteiger partial charge in [0.1, 0.15) is 36.0 Å². The first-order valence-corrected chi connectivity index (χ1v) is 8.83. The van der Waals surface area contributed by atoms with E-state index in [9.17, 15) is 4.79 Å². The molecule has 1 aromatic carbocycles. The number of pyridine rings is 1. The topological polar surface area (TPSA) is 69.7 Å². The monoisotopic (exact) mass is 356 g/mol. The zero-order valence-corrected chi connectivity index (χ0v) is 14.2. The zero-order valence-electron chi connectivity index (χ0n) is 13.4. The van der Waals surface area contributed by atoms with Gasteiger partial charge in [0.15, 0.2) is 11.5 Å². The standard InChI is InChI=1S/C18H16N2O4S/c21-18(17-16-14(11-25-17)23-9-10-24-16)20-7-8-22-13-5-1-3-12-4-2-6-19-15(12)13/h1-6,11H,7-10H2,(H,20,21). The molecule has 0 fully saturated rings. The molecule has 4 rings (SSSR count). The van der Waals surface area contributed by atoms with E-state index in [-0.39, 0.29) is 5.91 Å². The first-order valence-electron chi connectivity index (χ1n) is 7.95. The summed E-state index contributed by atoms with van der Waals surface area (Å²) in [7, 11) is 0. The summed E-state index contributed by atoms with van der Waals surface area (Å²) in [5, 5.41) is 5.66. The molecule has 0 unspecified atom stereocenters. The Labute approximate surface area is 148 Å². The molecule has 3 aromatic rings. The van der Waals surface area contributed by atoms with Crippen molar-refractivity contribution in [2.45, 2.75) is 0 Å². The third kappa shape index (κ3) is 3.23. The first-order chi connectivity index (χ1) is 12.3. The lowest BCUT2D eigenvalue weighted by atomic mass is 10.2. The van der Waals surface area contributed by atoms with E-state index in [0.717, 1.165) is 10.9 Å². The number of ether oxygens (including phenoxy) is 3. The van der Waals surface area contributed by atoms with Gasteiger partial charge in [0.2, 0.25) is 0 Å². The van der Waals surface area contributed by atoms with Crippen LogP contribution in [0.3, 0.4) is 0 Å². The second-order valence-corrected chi connectivity index (χ2v) is 6.27. The minimum Gasteiger partial charge on any atom is -0.489 e. The maximum atomic E-state index is 12.3. The summed E-state index contributed by atoms with van der Waals surface area (Å²) in [5.74, 6) is 1.70. The van der Waals surface area contributed by atoms with Gasteiger partial charge >= 0.3 is 0 Å². The van der Waals surface area contributed by atoms with Crippen LogP contribution < -0.4 is 19.5 Å². The Morgan fingerprint density at radius 1 is 1.24 bits per heavy atom. The van der Waals surface area contributed by atoms with Crippen LogP contribution in [0.15, 0.2) is 41.9 Å². The van der Waals surface area contributed by atoms with Crippen LogP contribution in [0.1, 0.15) is 9.67 Å². The van der Waals surface area contributed by atoms with E-state index in [4.69, 9.17) is 14.2 Å². The number of aromatic nitrogens is 1. The number of hydrogen-bond donors (Lipinski definition) is 1. The number of carbonyl (C=O) groups excluding carboxylic acids is 1. The fourth-order valence-corrected chi connectivity index (χ4v) is 3.46. The molecule has 25 heavy (non-hydrogen) atoms. The number of para-hydroxylation sites is 1. The summed E-state index contributed by atoms with van der Waals surface area (Å²) in [4.78, 5) is 17.2. The van der Waals surface area contributed by atoms with E-state index in [0.29, 0.717) is 48.5 Å². The Bertz CT molecular complexity index is 904. The lowest BCUT2D eigenvalue weighted by Gasteiger charge is -2.15. The SMILES string of the molecule is O=C(NCCOc1cccc2cccnc12)c1scc2c1OCCO2. The fourth-order valence-electron chi connectivity index (χ4n) is 2.62. The van der Waals surface area contributed by atoms with Crippen LogP contribution in [-0.4, -0.2) is 37.3 Å². The largest absolute Gasteiger partial charge is 0.489 e. The van der Waals surface area contributed by atoms with Gasteiger partial charge in [-0.25, -0.2) is 0 Å². The molecule has 0 spiro atoms. The number of carbonyl (C=O) groups is 1. The van der Waals surface area contributed by atoms with Crippen LogP contribution in [-0.2, 0) is 0 Å². The third-order valence-electron chi connectivity index (χ3n) is 3.75. The molecule has 128 valence electrons. The number of nitrogens with zero attached hydrogens (tertiary/aromatic N) is 1. The lowest BCUT2D eigenvalue weighted by molar-refractivity contribution is 0.0942. The Balaban J connectivity index is 1.35. The Morgan fingerprint density at radius 3 is 3.08 bits per heavy atom. The number of thiophene rings is 1. The Hall–Kier alpha value is -2.80. The molecule has 6 nitrogen and oxygen atoms in total. The van der Waals surface area contributed by atoms with Crippen LogP contribution in [0.25, 0.3) is 10.9 Å². The summed E-state index contributed by atoms with van der Waals surface area (Å²) in [6, 6.07) is 9.66. The van der Waals surface area contributed by atoms with Gasteiger partial charge < -0.3 is 19.5 Å². The van der Waals surface area contributed by atoms with Gasteiger partial charge in [-0.1, -0.05) is 18.2 Å². The molecular formula is C18H16N2O4S. The summed E-state index contributed by atoms with van der Waals surface area (Å²) >= 11 is 1.32. The molecule has 1 amide bonds. The van der Waals surface area contributed by atoms with Gasteiger partial charge in [-0.05, 0) is 12.1 Å². The molecule has 0 saturated heterocycles. The van der Waals surface area contributed by atoms with Gasteiger partial charge in [-0.3, -0.25) is 9.78 Å². The van der Waals surface area contributed by atoms with Gasteiger partial charge in [0, 0.05) is 17.0 Å². The van der Waals surface area contributed by atoms with Crippen molar-refractivity contribution in [3.8, 4) is 17.2 Å². The number of fused-ring (bicyclic) bond motifs is 2. The third-order valence-corrected chi connectivity index (χ3v) is 4.69. The van der Waals surface area contributed by atoms with Crippen LogP contribution in [0.2, 0.25) is 0 Å². The molecule has 0 radical (unpaired) electrons. The molecule has 7 heteroatoms. The molecule has 2 aromatic heterocycles. The predicted octanol–water partition coefficient (Wildman–Crippen LogP) is 2.88. The number of benzene rings is 1. The maximum absolute atomic E-state index is 12.3. The number of rotatable bonds is 5. The number of amides is 1. The summed E-state index contributed by atoms with van der Waals surface area (Å²) in [5.41, 5.74) is 0.814. The van der Waals surface area contributed by atoms with Crippen molar-refractivity contribution in [2.24, 2.45) is 0 Å². The van der Waals surface area contributed by atoms with E-state index in [2.05, 4.69) is 10.3 Å². The average molecular weight is 356 g/mol. The van der Waals surface area contributed by atoms with Gasteiger partial charge in [-0.15, -0.1) is 11.3 Å². The zero-order chi connectivity index (χ0) is 17.1. The van der Waals surface area contributed by atoms with Crippen molar-refractivity contribution in [2.75, 3.05) is 26.4 Å². The van der Waals surface area contributed by atoms with Gasteiger partial charge in [0.05, 0.1) is 6.54 Å². The molecule has 1 N–H and O–H groups in total. The van der Waals surface area contributed by atoms with Crippen LogP contribution in [0.4, 0.5) is 0 Å². The van der Waals surface area contributed by atoms with Crippen molar-refractivity contribution < 1.29 is 19.0 Å². The Kier molecular flexibility index (Phi) is 4.39. The highest BCUT2D eigenvalue weighted by molar-refractivity contribution is 7.12. The van der Waals surface area contributed by atoms with Crippen LogP contribution in [0, 0.1) is 0 Å². The molecule has 0 aliphatic carbocycles. The van der Waals surface area contributed by atoms with Crippen LogP contribution >= 0.6 is 11.3 Å². The average Bonchev–Trinajstić information content (AvgIpc) is 3.09. The molecule has 0 saturated carbocycles. The Morgan fingerprint density at radius 2 is 2.12 bits per heavy atom. The molecule has 3 heterocycles. The van der Waals surface area contributed by atoms with Crippen molar-refractivity contribution in [3.63, 3.8) is 0 Å². The molecular weight excluding hydrogens is 340 g/mol. The highest BCUT2D eigenvalue weighted by Crippen LogP contribution is 2.39. The van der Waals surface area contributed by atoms with E-state index in [1.54, 1.807) is 11.6 Å². The van der Waals surface area contributed by atoms with E-state index < -0.39 is 0 Å². The van der Waals surface area contributed by atoms with Crippen molar-refractivity contribution in [3.05, 3.63) is 46.8 Å². The lowest BCUT2D eigenvalue weighted by Crippen LogP contribution is -2.28. The summed E-state index contributed by atoms with van der Waals surface area (Å²) < 4.78 is 16.7. The van der Waals surface area contributed by atoms with Crippen LogP contribution in [0.5, 0.6) is 17.2 Å². The van der Waals surface area contributed by atoms with Crippen molar-refractivity contribution >= 4 is 28.1 Å². The van der Waals surface area contributed by atoms with E-state index in [1.807, 2.05) is 30.3 Å². The quantitative estimate of drug-likeness (QED) is 0.712. The summed E-state index contributed by atoms with van der Waals surface area (Å²) in [6.45, 7) is 1.71. The molecule has 1 aliphatic heterocycles. The minimum absolute atomic E-state index is 0.184. The second-order valence-electron chi connectivity index (χ2n) is 5.39. The smallest absolute Gasteiger partial charge is 0.265 e. The number of nitrogens with one attached hydrogen (secondary N) is 1. The number of hydrogen-bond acceptors (Lipinski definition) is 6. The van der Waals surface area contributed by atoms with Gasteiger partial charge in [-0.2, -0.15) is 0 Å². The molecule has 0 bridgehead atoms. The van der Waals surface area contributed by atoms with Crippen molar-refractivity contribution in [1.82, 2.24) is 10.3 Å². The molecule has 1 aliphatic rings. The molecule has 0 atom stereocenters. The predicted molar refractivity (Wildman–Crippen MR) is 94.9 cm³/mol.